The van der Waals surface area contributed by atoms with Gasteiger partial charge < -0.3 is 38.6 Å². The van der Waals surface area contributed by atoms with E-state index in [9.17, 15) is 19.2 Å². The van der Waals surface area contributed by atoms with Crippen LogP contribution < -0.4 is 9.47 Å². The van der Waals surface area contributed by atoms with E-state index in [-0.39, 0.29) is 53.2 Å². The number of phenols is 1. The van der Waals surface area contributed by atoms with Crippen molar-refractivity contribution in [3.63, 3.8) is 0 Å². The van der Waals surface area contributed by atoms with Crippen molar-refractivity contribution in [2.75, 3.05) is 33.5 Å². The van der Waals surface area contributed by atoms with E-state index < -0.39 is 10.8 Å². The summed E-state index contributed by atoms with van der Waals surface area (Å²) in [6.45, 7) is 23.5. The number of phenolic OH excluding ortho intramolecular Hbond substituents is 1. The van der Waals surface area contributed by atoms with Crippen molar-refractivity contribution >= 4 is 23.9 Å². The number of ether oxygens (including phenoxy) is 6. The zero-order chi connectivity index (χ0) is 42.7. The molecule has 2 saturated heterocycles. The number of esters is 4. The normalized spacial score (nSPS) is 18.7. The standard InChI is InChI=1S/C13H18O3.C12H16O3.C10H18O3.C9H16O3/c1-4-13(2,3)12(15)16-11-7-5-10(9-14)6-8-11;1-4-12(2,3)11(14)15-10-7-5-9(13)6-8-10;1-4-8-6-13-7-10(8,5-2)9(11)12-3;1-4-9(2,3)8(10)12-6-7-5-11-7/h5-8,14H,4,9H2,1-3H3;5-8,13H,4H2,1-3H3;8H,4-7H2,1-3H3;7H,4-6H2,1-3H3. The molecule has 2 fully saturated rings. The summed E-state index contributed by atoms with van der Waals surface area (Å²) in [4.78, 5) is 46.4. The highest BCUT2D eigenvalue weighted by atomic mass is 16.6. The Kier molecular flexibility index (Phi) is 20.8. The van der Waals surface area contributed by atoms with E-state index in [0.29, 0.717) is 37.2 Å². The second-order valence-electron chi connectivity index (χ2n) is 16.0. The average molecular weight is 789 g/mol. The van der Waals surface area contributed by atoms with Crippen LogP contribution in [-0.4, -0.2) is 73.7 Å². The minimum atomic E-state index is -0.474. The lowest BCUT2D eigenvalue weighted by Crippen LogP contribution is -2.38. The largest absolute Gasteiger partial charge is 0.508 e. The third-order valence-corrected chi connectivity index (χ3v) is 10.7. The number of carbonyl (C=O) groups is 4. The molecule has 56 heavy (non-hydrogen) atoms. The van der Waals surface area contributed by atoms with Crippen molar-refractivity contribution < 1.29 is 57.8 Å². The lowest BCUT2D eigenvalue weighted by Gasteiger charge is -2.28. The van der Waals surface area contributed by atoms with Gasteiger partial charge in [0.15, 0.2) is 0 Å². The average Bonchev–Trinajstić information content (AvgIpc) is 3.94. The van der Waals surface area contributed by atoms with Crippen LogP contribution in [0.1, 0.15) is 114 Å². The molecule has 12 nitrogen and oxygen atoms in total. The molecule has 0 aliphatic carbocycles. The smallest absolute Gasteiger partial charge is 0.316 e. The van der Waals surface area contributed by atoms with Gasteiger partial charge in [-0.2, -0.15) is 0 Å². The summed E-state index contributed by atoms with van der Waals surface area (Å²) in [5.74, 6) is 0.736. The maximum atomic E-state index is 11.7. The molecule has 0 radical (unpaired) electrons. The third-order valence-electron chi connectivity index (χ3n) is 10.7. The Morgan fingerprint density at radius 2 is 1.18 bits per heavy atom. The van der Waals surface area contributed by atoms with E-state index >= 15 is 0 Å². The van der Waals surface area contributed by atoms with Crippen LogP contribution >= 0.6 is 0 Å². The molecule has 316 valence electrons. The molecule has 2 aliphatic rings. The molecule has 0 bridgehead atoms. The molecular formula is C44H68O12. The van der Waals surface area contributed by atoms with E-state index in [1.165, 1.54) is 19.2 Å². The first-order valence-electron chi connectivity index (χ1n) is 19.6. The van der Waals surface area contributed by atoms with Crippen LogP contribution in [0.3, 0.4) is 0 Å². The van der Waals surface area contributed by atoms with Crippen molar-refractivity contribution in [2.45, 2.75) is 121 Å². The third kappa shape index (κ3) is 15.9. The van der Waals surface area contributed by atoms with E-state index in [1.54, 1.807) is 36.4 Å². The number of carbonyl (C=O) groups excluding carboxylic acids is 4. The van der Waals surface area contributed by atoms with Gasteiger partial charge in [-0.05, 0) is 116 Å². The van der Waals surface area contributed by atoms with Crippen LogP contribution in [0.4, 0.5) is 0 Å². The van der Waals surface area contributed by atoms with Crippen LogP contribution in [0.25, 0.3) is 0 Å². The van der Waals surface area contributed by atoms with Crippen molar-refractivity contribution in [3.05, 3.63) is 54.1 Å². The molecule has 2 aromatic carbocycles. The van der Waals surface area contributed by atoms with Gasteiger partial charge in [0.1, 0.15) is 30.0 Å². The van der Waals surface area contributed by atoms with Gasteiger partial charge in [-0.3, -0.25) is 19.2 Å². The molecule has 0 amide bonds. The molecule has 3 atom stereocenters. The topological polar surface area (TPSA) is 167 Å². The van der Waals surface area contributed by atoms with Crippen LogP contribution in [0, 0.1) is 27.6 Å². The molecular weight excluding hydrogens is 720 g/mol. The summed E-state index contributed by atoms with van der Waals surface area (Å²) in [7, 11) is 1.45. The number of hydrogen-bond donors (Lipinski definition) is 2. The van der Waals surface area contributed by atoms with E-state index in [4.69, 9.17) is 38.6 Å². The molecule has 12 heteroatoms. The van der Waals surface area contributed by atoms with Crippen LogP contribution in [0.2, 0.25) is 0 Å². The van der Waals surface area contributed by atoms with Crippen molar-refractivity contribution in [1.82, 2.24) is 0 Å². The van der Waals surface area contributed by atoms with Gasteiger partial charge in [0.25, 0.3) is 0 Å². The minimum absolute atomic E-state index is 0.00528. The van der Waals surface area contributed by atoms with E-state index in [2.05, 4.69) is 6.92 Å². The van der Waals surface area contributed by atoms with Gasteiger partial charge in [-0.25, -0.2) is 0 Å². The zero-order valence-corrected chi connectivity index (χ0v) is 35.8. The first-order chi connectivity index (χ1) is 26.2. The van der Waals surface area contributed by atoms with Gasteiger partial charge in [0.2, 0.25) is 0 Å². The summed E-state index contributed by atoms with van der Waals surface area (Å²) in [5, 5.41) is 17.9. The number of aliphatic hydroxyl groups is 1. The van der Waals surface area contributed by atoms with Crippen LogP contribution in [-0.2, 0) is 44.7 Å². The predicted octanol–water partition coefficient (Wildman–Crippen LogP) is 8.23. The first-order valence-corrected chi connectivity index (χ1v) is 19.6. The van der Waals surface area contributed by atoms with Gasteiger partial charge in [0.05, 0.1) is 55.2 Å². The Hall–Kier alpha value is -4.00. The number of hydrogen-bond acceptors (Lipinski definition) is 12. The van der Waals surface area contributed by atoms with Gasteiger partial charge in [-0.1, -0.05) is 46.8 Å². The number of aliphatic hydroxyl groups excluding tert-OH is 1. The Labute approximate surface area is 334 Å². The second kappa shape index (κ2) is 23.3. The lowest BCUT2D eigenvalue weighted by atomic mass is 9.74. The highest BCUT2D eigenvalue weighted by Gasteiger charge is 2.48. The molecule has 2 aromatic rings. The minimum Gasteiger partial charge on any atom is -0.508 e. The molecule has 2 heterocycles. The second-order valence-corrected chi connectivity index (χ2v) is 16.0. The highest BCUT2D eigenvalue weighted by molar-refractivity contribution is 5.79. The Balaban J connectivity index is 0.000000375. The Morgan fingerprint density at radius 1 is 0.732 bits per heavy atom. The van der Waals surface area contributed by atoms with Crippen molar-refractivity contribution in [1.29, 1.82) is 0 Å². The SMILES string of the molecule is CCC(C)(C)C(=O)OCC1CO1.CCC(C)(C)C(=O)Oc1ccc(CO)cc1.CCC(C)(C)C(=O)Oc1ccc(O)cc1.CCC1COCC1(CC)C(=O)OC. The van der Waals surface area contributed by atoms with Crippen LogP contribution in [0.15, 0.2) is 48.5 Å². The van der Waals surface area contributed by atoms with Crippen LogP contribution in [0.5, 0.6) is 17.2 Å². The summed E-state index contributed by atoms with van der Waals surface area (Å²) in [6, 6.07) is 13.0. The van der Waals surface area contributed by atoms with Crippen molar-refractivity contribution in [2.24, 2.45) is 27.6 Å². The fraction of sp³-hybridized carbons (Fsp3) is 0.636. The monoisotopic (exact) mass is 788 g/mol. The molecule has 0 spiro atoms. The maximum Gasteiger partial charge on any atom is 0.316 e. The lowest BCUT2D eigenvalue weighted by molar-refractivity contribution is -0.155. The summed E-state index contributed by atoms with van der Waals surface area (Å²) in [6.07, 6.45) is 4.21. The van der Waals surface area contributed by atoms with E-state index in [1.807, 2.05) is 69.2 Å². The molecule has 2 N–H and O–H groups in total. The number of rotatable bonds is 14. The van der Waals surface area contributed by atoms with Crippen molar-refractivity contribution in [3.8, 4) is 17.2 Å². The Bertz CT molecular complexity index is 1490. The van der Waals surface area contributed by atoms with Gasteiger partial charge >= 0.3 is 23.9 Å². The first kappa shape index (κ1) is 50.0. The number of benzene rings is 2. The number of aromatic hydroxyl groups is 1. The Morgan fingerprint density at radius 3 is 1.55 bits per heavy atom. The number of epoxide rings is 1. The fourth-order valence-electron chi connectivity index (χ4n) is 4.76. The highest BCUT2D eigenvalue weighted by Crippen LogP contribution is 2.40. The summed E-state index contributed by atoms with van der Waals surface area (Å²) >= 11 is 0. The predicted molar refractivity (Wildman–Crippen MR) is 214 cm³/mol. The molecule has 0 saturated carbocycles. The zero-order valence-electron chi connectivity index (χ0n) is 35.8. The molecule has 3 unspecified atom stereocenters. The van der Waals surface area contributed by atoms with E-state index in [0.717, 1.165) is 44.3 Å². The maximum absolute atomic E-state index is 11.7. The molecule has 2 aliphatic heterocycles. The fourth-order valence-corrected chi connectivity index (χ4v) is 4.76. The molecule has 0 aromatic heterocycles. The summed E-state index contributed by atoms with van der Waals surface area (Å²) in [5.41, 5.74) is -0.860. The molecule has 4 rings (SSSR count). The van der Waals surface area contributed by atoms with Gasteiger partial charge in [0, 0.05) is 5.92 Å². The summed E-state index contributed by atoms with van der Waals surface area (Å²) < 4.78 is 30.6. The quantitative estimate of drug-likeness (QED) is 0.107. The number of methoxy groups -OCH3 is 1. The van der Waals surface area contributed by atoms with Gasteiger partial charge in [-0.15, -0.1) is 0 Å².